The molecule has 0 bridgehead atoms. The zero-order valence-electron chi connectivity index (χ0n) is 11.4. The highest BCUT2D eigenvalue weighted by Crippen LogP contribution is 2.13. The third-order valence-corrected chi connectivity index (χ3v) is 3.04. The Morgan fingerprint density at radius 3 is 2.65 bits per heavy atom. The van der Waals surface area contributed by atoms with Crippen molar-refractivity contribution in [2.24, 2.45) is 0 Å². The number of amides is 2. The lowest BCUT2D eigenvalue weighted by atomic mass is 10.1. The number of piperidine rings is 1. The van der Waals surface area contributed by atoms with Gasteiger partial charge in [-0.15, -0.1) is 0 Å². The predicted molar refractivity (Wildman–Crippen MR) is 68.4 cm³/mol. The summed E-state index contributed by atoms with van der Waals surface area (Å²) in [7, 11) is 0. The van der Waals surface area contributed by atoms with Crippen molar-refractivity contribution in [3.63, 3.8) is 0 Å². The van der Waals surface area contributed by atoms with Gasteiger partial charge in [0.15, 0.2) is 0 Å². The van der Waals surface area contributed by atoms with Gasteiger partial charge in [-0.3, -0.25) is 4.79 Å². The first-order chi connectivity index (χ1) is 9.43. The Morgan fingerprint density at radius 1 is 1.40 bits per heavy atom. The summed E-state index contributed by atoms with van der Waals surface area (Å²) in [6.07, 6.45) is 0.926. The first-order valence-corrected chi connectivity index (χ1v) is 6.55. The normalized spacial score (nSPS) is 20.2. The Labute approximate surface area is 116 Å². The quantitative estimate of drug-likeness (QED) is 0.639. The number of carbonyl (C=O) groups excluding carboxylic acids is 1. The van der Waals surface area contributed by atoms with E-state index >= 15 is 0 Å². The molecule has 0 aromatic rings. The number of nitrogens with one attached hydrogen (secondary N) is 1. The summed E-state index contributed by atoms with van der Waals surface area (Å²) in [6.45, 7) is 3.32. The lowest BCUT2D eigenvalue weighted by Crippen LogP contribution is -2.52. The third kappa shape index (κ3) is 5.04. The van der Waals surface area contributed by atoms with Gasteiger partial charge in [0.1, 0.15) is 6.04 Å². The average Bonchev–Trinajstić information content (AvgIpc) is 2.38. The average molecular weight is 288 g/mol. The van der Waals surface area contributed by atoms with Crippen molar-refractivity contribution in [1.82, 2.24) is 10.2 Å². The van der Waals surface area contributed by atoms with Gasteiger partial charge in [0, 0.05) is 19.7 Å². The maximum absolute atomic E-state index is 11.9. The summed E-state index contributed by atoms with van der Waals surface area (Å²) < 4.78 is 5.45. The zero-order valence-corrected chi connectivity index (χ0v) is 11.4. The van der Waals surface area contributed by atoms with E-state index in [1.54, 1.807) is 0 Å². The van der Waals surface area contributed by atoms with Crippen molar-refractivity contribution in [2.45, 2.75) is 38.3 Å². The number of hydrogen-bond acceptors (Lipinski definition) is 4. The molecule has 3 N–H and O–H groups in total. The minimum absolute atomic E-state index is 0.0535. The monoisotopic (exact) mass is 288 g/mol. The van der Waals surface area contributed by atoms with Crippen LogP contribution in [0.25, 0.3) is 0 Å². The van der Waals surface area contributed by atoms with Gasteiger partial charge in [-0.2, -0.15) is 0 Å². The number of ether oxygens (including phenoxy) is 1. The van der Waals surface area contributed by atoms with Crippen LogP contribution in [0.15, 0.2) is 0 Å². The summed E-state index contributed by atoms with van der Waals surface area (Å²) >= 11 is 0. The minimum atomic E-state index is -1.42. The summed E-state index contributed by atoms with van der Waals surface area (Å²) in [5, 5.41) is 19.7. The van der Waals surface area contributed by atoms with Crippen LogP contribution in [0.3, 0.4) is 0 Å². The number of carbonyl (C=O) groups is 3. The third-order valence-electron chi connectivity index (χ3n) is 3.04. The Bertz CT molecular complexity index is 371. The molecule has 0 saturated carbocycles. The smallest absolute Gasteiger partial charge is 0.326 e. The van der Waals surface area contributed by atoms with E-state index < -0.39 is 30.4 Å². The highest BCUT2D eigenvalue weighted by atomic mass is 16.5. The molecule has 0 aliphatic carbocycles. The molecular weight excluding hydrogens is 268 g/mol. The maximum atomic E-state index is 11.9. The van der Waals surface area contributed by atoms with Crippen molar-refractivity contribution in [2.75, 3.05) is 19.7 Å². The Hall–Kier alpha value is -1.83. The summed E-state index contributed by atoms with van der Waals surface area (Å²) in [4.78, 5) is 34.9. The van der Waals surface area contributed by atoms with Gasteiger partial charge in [0.25, 0.3) is 0 Å². The molecule has 20 heavy (non-hydrogen) atoms. The van der Waals surface area contributed by atoms with Gasteiger partial charge in [-0.25, -0.2) is 9.59 Å². The molecule has 114 valence electrons. The van der Waals surface area contributed by atoms with E-state index in [0.717, 1.165) is 12.8 Å². The van der Waals surface area contributed by atoms with Crippen molar-refractivity contribution < 1.29 is 29.3 Å². The minimum Gasteiger partial charge on any atom is -0.481 e. The number of likely N-dealkylation sites (tertiary alicyclic amines) is 1. The highest BCUT2D eigenvalue weighted by molar-refractivity contribution is 5.86. The fourth-order valence-electron chi connectivity index (χ4n) is 2.11. The molecule has 1 heterocycles. The molecule has 1 saturated heterocycles. The number of nitrogens with zero attached hydrogens (tertiary/aromatic N) is 1. The van der Waals surface area contributed by atoms with E-state index in [1.807, 2.05) is 6.92 Å². The maximum Gasteiger partial charge on any atom is 0.326 e. The van der Waals surface area contributed by atoms with Crippen LogP contribution in [0.5, 0.6) is 0 Å². The molecule has 0 spiro atoms. The van der Waals surface area contributed by atoms with Crippen LogP contribution < -0.4 is 5.32 Å². The molecular formula is C12H20N2O6. The molecule has 0 aromatic carbocycles. The molecule has 0 aromatic heterocycles. The molecule has 8 heteroatoms. The summed E-state index contributed by atoms with van der Waals surface area (Å²) in [5.41, 5.74) is 0. The van der Waals surface area contributed by atoms with E-state index in [1.165, 1.54) is 4.90 Å². The van der Waals surface area contributed by atoms with Gasteiger partial charge < -0.3 is 25.2 Å². The number of rotatable bonds is 6. The van der Waals surface area contributed by atoms with Crippen molar-refractivity contribution >= 4 is 18.0 Å². The van der Waals surface area contributed by atoms with Crippen LogP contribution in [0.2, 0.25) is 0 Å². The second kappa shape index (κ2) is 7.68. The topological polar surface area (TPSA) is 116 Å². The molecule has 1 aliphatic rings. The molecule has 2 unspecified atom stereocenters. The number of carboxylic acid groups (broad SMARTS) is 2. The first kappa shape index (κ1) is 16.2. The first-order valence-electron chi connectivity index (χ1n) is 6.55. The zero-order chi connectivity index (χ0) is 15.1. The fraction of sp³-hybridized carbons (Fsp3) is 0.750. The molecule has 2 atom stereocenters. The lowest BCUT2D eigenvalue weighted by Gasteiger charge is -2.33. The van der Waals surface area contributed by atoms with E-state index in [4.69, 9.17) is 14.9 Å². The Kier molecular flexibility index (Phi) is 6.23. The van der Waals surface area contributed by atoms with Gasteiger partial charge >= 0.3 is 18.0 Å². The van der Waals surface area contributed by atoms with Gasteiger partial charge in [-0.1, -0.05) is 0 Å². The van der Waals surface area contributed by atoms with E-state index in [9.17, 15) is 14.4 Å². The molecule has 1 fully saturated rings. The largest absolute Gasteiger partial charge is 0.481 e. The standard InChI is InChI=1S/C12H20N2O6/c1-2-20-8-4-3-5-14(7-8)12(19)13-9(11(17)18)6-10(15)16/h8-9H,2-7H2,1H3,(H,13,19)(H,15,16)(H,17,18). The SMILES string of the molecule is CCOC1CCCN(C(=O)NC(CC(=O)O)C(=O)O)C1. The number of carboxylic acids is 2. The summed E-state index contributed by atoms with van der Waals surface area (Å²) in [5.74, 6) is -2.64. The van der Waals surface area contributed by atoms with Crippen molar-refractivity contribution in [3.05, 3.63) is 0 Å². The van der Waals surface area contributed by atoms with Crippen LogP contribution in [0.1, 0.15) is 26.2 Å². The Balaban J connectivity index is 2.55. The van der Waals surface area contributed by atoms with Crippen LogP contribution in [0.4, 0.5) is 4.79 Å². The molecule has 8 nitrogen and oxygen atoms in total. The molecule has 1 rings (SSSR count). The number of aliphatic carboxylic acids is 2. The fourth-order valence-corrected chi connectivity index (χ4v) is 2.11. The summed E-state index contributed by atoms with van der Waals surface area (Å²) in [6, 6.07) is -1.99. The predicted octanol–water partition coefficient (Wildman–Crippen LogP) is 0.125. The van der Waals surface area contributed by atoms with Crippen LogP contribution in [0, 0.1) is 0 Å². The molecule has 1 aliphatic heterocycles. The van der Waals surface area contributed by atoms with Crippen LogP contribution >= 0.6 is 0 Å². The Morgan fingerprint density at radius 2 is 2.10 bits per heavy atom. The highest BCUT2D eigenvalue weighted by Gasteiger charge is 2.28. The lowest BCUT2D eigenvalue weighted by molar-refractivity contribution is -0.145. The number of urea groups is 1. The van der Waals surface area contributed by atoms with Gasteiger partial charge in [0.2, 0.25) is 0 Å². The van der Waals surface area contributed by atoms with Crippen molar-refractivity contribution in [3.8, 4) is 0 Å². The second-order valence-corrected chi connectivity index (χ2v) is 4.60. The molecule has 0 radical (unpaired) electrons. The molecule has 2 amide bonds. The van der Waals surface area contributed by atoms with E-state index in [2.05, 4.69) is 5.32 Å². The second-order valence-electron chi connectivity index (χ2n) is 4.60. The van der Waals surface area contributed by atoms with Gasteiger partial charge in [-0.05, 0) is 19.8 Å². The van der Waals surface area contributed by atoms with E-state index in [-0.39, 0.29) is 6.10 Å². The van der Waals surface area contributed by atoms with Crippen LogP contribution in [-0.4, -0.2) is 64.9 Å². The number of hydrogen-bond donors (Lipinski definition) is 3. The van der Waals surface area contributed by atoms with Crippen LogP contribution in [-0.2, 0) is 14.3 Å². The van der Waals surface area contributed by atoms with E-state index in [0.29, 0.717) is 19.7 Å². The van der Waals surface area contributed by atoms with Crippen molar-refractivity contribution in [1.29, 1.82) is 0 Å². The van der Waals surface area contributed by atoms with Gasteiger partial charge in [0.05, 0.1) is 12.5 Å².